The Hall–Kier alpha value is -2.25. The Labute approximate surface area is 224 Å². The Morgan fingerprint density at radius 1 is 1.16 bits per heavy atom. The van der Waals surface area contributed by atoms with E-state index in [0.717, 1.165) is 48.9 Å². The van der Waals surface area contributed by atoms with Crippen LogP contribution in [0.2, 0.25) is 0 Å². The molecule has 4 bridgehead atoms. The lowest BCUT2D eigenvalue weighted by Crippen LogP contribution is -2.82. The predicted octanol–water partition coefficient (Wildman–Crippen LogP) is 4.60. The van der Waals surface area contributed by atoms with Gasteiger partial charge in [0.15, 0.2) is 5.72 Å². The van der Waals surface area contributed by atoms with Gasteiger partial charge < -0.3 is 14.2 Å². The van der Waals surface area contributed by atoms with E-state index in [1.165, 1.54) is 6.92 Å². The van der Waals surface area contributed by atoms with Gasteiger partial charge in [-0.05, 0) is 61.1 Å². The number of carbonyl (C=O) groups excluding carboxylic acids is 3. The molecule has 6 aliphatic rings. The molecule has 4 heterocycles. The van der Waals surface area contributed by atoms with Crippen LogP contribution in [0.15, 0.2) is 12.1 Å². The Morgan fingerprint density at radius 3 is 2.66 bits per heavy atom. The Bertz CT molecular complexity index is 1310. The minimum atomic E-state index is -0.875. The Balaban J connectivity index is 1.47. The molecule has 204 valence electrons. The van der Waals surface area contributed by atoms with Crippen LogP contribution >= 0.6 is 0 Å². The van der Waals surface area contributed by atoms with E-state index in [0.29, 0.717) is 18.1 Å². The smallest absolute Gasteiger partial charge is 0.308 e. The number of piperidine rings is 1. The van der Waals surface area contributed by atoms with Crippen LogP contribution in [-0.4, -0.2) is 46.7 Å². The first-order valence-corrected chi connectivity index (χ1v) is 14.3. The van der Waals surface area contributed by atoms with Gasteiger partial charge in [0, 0.05) is 48.6 Å². The number of nitrogens with zero attached hydrogens (tertiary/aromatic N) is 1. The molecule has 0 unspecified atom stereocenters. The summed E-state index contributed by atoms with van der Waals surface area (Å²) in [6, 6.07) is 4.03. The van der Waals surface area contributed by atoms with Crippen molar-refractivity contribution in [2.24, 2.45) is 22.7 Å². The van der Waals surface area contributed by atoms with Crippen molar-refractivity contribution in [2.75, 3.05) is 6.54 Å². The largest absolute Gasteiger partial charge is 0.443 e. The van der Waals surface area contributed by atoms with Crippen molar-refractivity contribution < 1.29 is 28.6 Å². The lowest BCUT2D eigenvalue weighted by atomic mass is 9.36. The van der Waals surface area contributed by atoms with Gasteiger partial charge in [0.05, 0.1) is 12.5 Å². The van der Waals surface area contributed by atoms with Crippen LogP contribution in [0.3, 0.4) is 0 Å². The highest BCUT2D eigenvalue weighted by atomic mass is 16.6. The zero-order valence-electron chi connectivity index (χ0n) is 23.4. The number of rotatable bonds is 1. The molecule has 1 spiro atoms. The summed E-state index contributed by atoms with van der Waals surface area (Å²) in [6.45, 7) is 13.1. The summed E-state index contributed by atoms with van der Waals surface area (Å²) in [5.74, 6) is 0.221. The minimum Gasteiger partial charge on any atom is -0.443 e. The van der Waals surface area contributed by atoms with E-state index >= 15 is 0 Å². The Morgan fingerprint density at radius 2 is 1.92 bits per heavy atom. The van der Waals surface area contributed by atoms with Gasteiger partial charge >= 0.3 is 11.9 Å². The van der Waals surface area contributed by atoms with Crippen LogP contribution in [-0.2, 0) is 35.7 Å². The quantitative estimate of drug-likeness (QED) is 0.395. The van der Waals surface area contributed by atoms with E-state index in [2.05, 4.69) is 38.7 Å². The van der Waals surface area contributed by atoms with Crippen molar-refractivity contribution >= 4 is 17.7 Å². The van der Waals surface area contributed by atoms with E-state index in [4.69, 9.17) is 14.2 Å². The van der Waals surface area contributed by atoms with Gasteiger partial charge in [0.2, 0.25) is 0 Å². The second kappa shape index (κ2) is 7.28. The van der Waals surface area contributed by atoms with E-state index in [-0.39, 0.29) is 36.6 Å². The molecular weight excluding hydrogens is 482 g/mol. The summed E-state index contributed by atoms with van der Waals surface area (Å²) in [5.41, 5.74) is -0.0377. The highest BCUT2D eigenvalue weighted by molar-refractivity contribution is 5.91. The molecule has 1 aromatic rings. The van der Waals surface area contributed by atoms with Crippen molar-refractivity contribution in [1.82, 2.24) is 4.90 Å². The molecule has 1 saturated carbocycles. The molecule has 0 aromatic heterocycles. The zero-order valence-corrected chi connectivity index (χ0v) is 23.4. The summed E-state index contributed by atoms with van der Waals surface area (Å²) < 4.78 is 19.1. The number of ether oxygens (including phenoxy) is 3. The number of fused-ring (bicyclic) bond motifs is 5. The second-order valence-electron chi connectivity index (χ2n) is 14.1. The minimum absolute atomic E-state index is 0.131. The predicted molar refractivity (Wildman–Crippen MR) is 138 cm³/mol. The third-order valence-corrected chi connectivity index (χ3v) is 11.7. The normalized spacial score (nSPS) is 46.8. The highest BCUT2D eigenvalue weighted by Crippen LogP contribution is 2.76. The van der Waals surface area contributed by atoms with E-state index in [1.54, 1.807) is 0 Å². The fourth-order valence-corrected chi connectivity index (χ4v) is 10.5. The van der Waals surface area contributed by atoms with Crippen LogP contribution in [0.1, 0.15) is 89.8 Å². The molecule has 7 heteroatoms. The molecule has 4 aliphatic heterocycles. The van der Waals surface area contributed by atoms with Crippen LogP contribution in [0.25, 0.3) is 0 Å². The average Bonchev–Trinajstić information content (AvgIpc) is 3.06. The Kier molecular flexibility index (Phi) is 4.74. The van der Waals surface area contributed by atoms with E-state index < -0.39 is 33.7 Å². The van der Waals surface area contributed by atoms with E-state index in [1.807, 2.05) is 13.0 Å². The van der Waals surface area contributed by atoms with Crippen molar-refractivity contribution in [2.45, 2.75) is 109 Å². The number of aryl methyl sites for hydroxylation is 1. The number of carbonyl (C=O) groups is 3. The first-order chi connectivity index (χ1) is 17.8. The van der Waals surface area contributed by atoms with Gasteiger partial charge in [-0.2, -0.15) is 0 Å². The molecule has 0 amide bonds. The highest BCUT2D eigenvalue weighted by Gasteiger charge is 2.81. The standard InChI is InChI=1S/C31H39NO6/c1-17-10-22-21(24(11-17)36-19(3)33)12-23(34)26-27(22,4)16-31-29(6,28(26,5)14-25(35)38-31)7-8-30-13-18(2)9-20(37-30)15-32(30)31/h10-11,18,20,26H,7-9,12-16H2,1-6H3/t18-,20+,26-,27-,28-,29-,30-,31+/m0/s1. The molecule has 5 fully saturated rings. The maximum absolute atomic E-state index is 14.3. The first-order valence-electron chi connectivity index (χ1n) is 14.3. The van der Waals surface area contributed by atoms with Gasteiger partial charge in [0.1, 0.15) is 17.3 Å². The SMILES string of the molecule is CC(=O)Oc1cc(C)cc2c1CC(=O)[C@H]1[C@@]2(C)C[C@@]23OC(=O)C[C@]1(C)[C@]2(C)CC[C@]12C[C@@H](C)C[C@H](CN13)O2. The summed E-state index contributed by atoms with van der Waals surface area (Å²) in [6.07, 6.45) is 4.79. The summed E-state index contributed by atoms with van der Waals surface area (Å²) in [7, 11) is 0. The van der Waals surface area contributed by atoms with Gasteiger partial charge in [-0.3, -0.25) is 14.4 Å². The third kappa shape index (κ3) is 2.75. The van der Waals surface area contributed by atoms with Gasteiger partial charge in [-0.25, -0.2) is 4.90 Å². The summed E-state index contributed by atoms with van der Waals surface area (Å²) >= 11 is 0. The molecule has 8 atom stereocenters. The van der Waals surface area contributed by atoms with Crippen LogP contribution in [0.5, 0.6) is 5.75 Å². The molecule has 7 rings (SSSR count). The molecule has 7 nitrogen and oxygen atoms in total. The molecule has 0 N–H and O–H groups in total. The van der Waals surface area contributed by atoms with E-state index in [9.17, 15) is 14.4 Å². The number of hydrogen-bond donors (Lipinski definition) is 0. The number of hydrogen-bond acceptors (Lipinski definition) is 7. The zero-order chi connectivity index (χ0) is 27.0. The maximum Gasteiger partial charge on any atom is 0.308 e. The monoisotopic (exact) mass is 521 g/mol. The lowest BCUT2D eigenvalue weighted by molar-refractivity contribution is -0.366. The fraction of sp³-hybridized carbons (Fsp3) is 0.710. The van der Waals surface area contributed by atoms with Gasteiger partial charge in [-0.1, -0.05) is 33.8 Å². The first kappa shape index (κ1) is 24.8. The topological polar surface area (TPSA) is 82.1 Å². The fourth-order valence-electron chi connectivity index (χ4n) is 10.5. The maximum atomic E-state index is 14.3. The summed E-state index contributed by atoms with van der Waals surface area (Å²) in [4.78, 5) is 42.2. The number of Topliss-reactive ketones (excluding diaryl/α,β-unsaturated/α-hetero) is 1. The molecule has 2 aliphatic carbocycles. The molecule has 0 radical (unpaired) electrons. The molecule has 38 heavy (non-hydrogen) atoms. The second-order valence-corrected chi connectivity index (χ2v) is 14.1. The van der Waals surface area contributed by atoms with Crippen molar-refractivity contribution in [3.05, 3.63) is 28.8 Å². The van der Waals surface area contributed by atoms with Crippen molar-refractivity contribution in [3.8, 4) is 5.75 Å². The lowest BCUT2D eigenvalue weighted by Gasteiger charge is -2.75. The number of esters is 2. The molecule has 4 saturated heterocycles. The van der Waals surface area contributed by atoms with Crippen LogP contribution in [0.4, 0.5) is 0 Å². The number of ketones is 1. The average molecular weight is 522 g/mol. The number of benzene rings is 1. The summed E-state index contributed by atoms with van der Waals surface area (Å²) in [5, 5.41) is 0. The van der Waals surface area contributed by atoms with Crippen LogP contribution in [0, 0.1) is 29.6 Å². The van der Waals surface area contributed by atoms with Gasteiger partial charge in [0.25, 0.3) is 0 Å². The van der Waals surface area contributed by atoms with Crippen molar-refractivity contribution in [1.29, 1.82) is 0 Å². The third-order valence-electron chi connectivity index (χ3n) is 11.7. The molecular formula is C31H39NO6. The molecule has 1 aromatic carbocycles. The van der Waals surface area contributed by atoms with Crippen molar-refractivity contribution in [3.63, 3.8) is 0 Å². The van der Waals surface area contributed by atoms with Gasteiger partial charge in [-0.15, -0.1) is 0 Å². The van der Waals surface area contributed by atoms with Crippen LogP contribution < -0.4 is 4.74 Å².